The SMILES string of the molecule is Nc1ccc(NC(=O)CCC(=O)O)cc1Cl. The molecule has 0 heterocycles. The Morgan fingerprint density at radius 2 is 2.06 bits per heavy atom. The molecule has 0 aliphatic carbocycles. The fraction of sp³-hybridized carbons (Fsp3) is 0.200. The highest BCUT2D eigenvalue weighted by atomic mass is 35.5. The molecule has 1 rings (SSSR count). The summed E-state index contributed by atoms with van der Waals surface area (Å²) in [6.07, 6.45) is -0.272. The first-order valence-electron chi connectivity index (χ1n) is 4.55. The third-order valence-corrected chi connectivity index (χ3v) is 2.18. The van der Waals surface area contributed by atoms with Crippen LogP contribution >= 0.6 is 11.6 Å². The van der Waals surface area contributed by atoms with E-state index < -0.39 is 5.97 Å². The minimum Gasteiger partial charge on any atom is -0.481 e. The van der Waals surface area contributed by atoms with Crippen LogP contribution in [0.1, 0.15) is 12.8 Å². The number of nitrogen functional groups attached to an aromatic ring is 1. The van der Waals surface area contributed by atoms with Crippen LogP contribution in [0.15, 0.2) is 18.2 Å². The van der Waals surface area contributed by atoms with Crippen molar-refractivity contribution >= 4 is 34.9 Å². The van der Waals surface area contributed by atoms with Gasteiger partial charge in [0.05, 0.1) is 17.1 Å². The molecule has 6 heteroatoms. The fourth-order valence-corrected chi connectivity index (χ4v) is 1.23. The van der Waals surface area contributed by atoms with Gasteiger partial charge >= 0.3 is 5.97 Å². The van der Waals surface area contributed by atoms with Gasteiger partial charge in [-0.05, 0) is 18.2 Å². The van der Waals surface area contributed by atoms with Gasteiger partial charge in [0.1, 0.15) is 0 Å². The number of nitrogens with one attached hydrogen (secondary N) is 1. The van der Waals surface area contributed by atoms with E-state index in [4.69, 9.17) is 22.4 Å². The van der Waals surface area contributed by atoms with Gasteiger partial charge in [-0.1, -0.05) is 11.6 Å². The van der Waals surface area contributed by atoms with Gasteiger partial charge in [0.25, 0.3) is 0 Å². The average molecular weight is 243 g/mol. The number of hydrogen-bond acceptors (Lipinski definition) is 3. The number of hydrogen-bond donors (Lipinski definition) is 3. The molecule has 5 nitrogen and oxygen atoms in total. The zero-order chi connectivity index (χ0) is 12.1. The maximum Gasteiger partial charge on any atom is 0.303 e. The predicted octanol–water partition coefficient (Wildman–Crippen LogP) is 1.73. The van der Waals surface area contributed by atoms with Gasteiger partial charge in [-0.15, -0.1) is 0 Å². The number of carbonyl (C=O) groups excluding carboxylic acids is 1. The molecular weight excluding hydrogens is 232 g/mol. The molecule has 0 aliphatic rings. The third kappa shape index (κ3) is 3.78. The number of nitrogens with two attached hydrogens (primary N) is 1. The molecule has 0 spiro atoms. The van der Waals surface area contributed by atoms with Crippen molar-refractivity contribution in [2.75, 3.05) is 11.1 Å². The second-order valence-corrected chi connectivity index (χ2v) is 3.59. The van der Waals surface area contributed by atoms with Crippen LogP contribution in [0.3, 0.4) is 0 Å². The second kappa shape index (κ2) is 5.37. The summed E-state index contributed by atoms with van der Waals surface area (Å²) in [4.78, 5) is 21.5. The number of carboxylic acids is 1. The van der Waals surface area contributed by atoms with E-state index >= 15 is 0 Å². The maximum absolute atomic E-state index is 11.3. The van der Waals surface area contributed by atoms with Crippen molar-refractivity contribution in [1.29, 1.82) is 0 Å². The predicted molar refractivity (Wildman–Crippen MR) is 61.4 cm³/mol. The van der Waals surface area contributed by atoms with Gasteiger partial charge < -0.3 is 16.2 Å². The number of anilines is 2. The summed E-state index contributed by atoms with van der Waals surface area (Å²) in [5.74, 6) is -1.38. The summed E-state index contributed by atoms with van der Waals surface area (Å²) in [7, 11) is 0. The van der Waals surface area contributed by atoms with E-state index in [1.165, 1.54) is 6.07 Å². The van der Waals surface area contributed by atoms with Crippen molar-refractivity contribution in [3.63, 3.8) is 0 Å². The Hall–Kier alpha value is -1.75. The van der Waals surface area contributed by atoms with Crippen molar-refractivity contribution in [3.05, 3.63) is 23.2 Å². The summed E-state index contributed by atoms with van der Waals surface area (Å²) in [6.45, 7) is 0. The number of benzene rings is 1. The van der Waals surface area contributed by atoms with Crippen LogP contribution in [0.5, 0.6) is 0 Å². The number of rotatable bonds is 4. The molecule has 0 saturated carbocycles. The van der Waals surface area contributed by atoms with Crippen LogP contribution in [0.25, 0.3) is 0 Å². The Morgan fingerprint density at radius 1 is 1.38 bits per heavy atom. The number of halogens is 1. The van der Waals surface area contributed by atoms with Crippen molar-refractivity contribution in [3.8, 4) is 0 Å². The van der Waals surface area contributed by atoms with Gasteiger partial charge in [-0.25, -0.2) is 0 Å². The van der Waals surface area contributed by atoms with Crippen LogP contribution in [0.2, 0.25) is 5.02 Å². The Balaban J connectivity index is 2.56. The average Bonchev–Trinajstić information content (AvgIpc) is 2.21. The minimum absolute atomic E-state index is 0.0721. The highest BCUT2D eigenvalue weighted by Gasteiger charge is 2.06. The molecular formula is C10H11ClN2O3. The van der Waals surface area contributed by atoms with Crippen LogP contribution < -0.4 is 11.1 Å². The molecule has 0 saturated heterocycles. The number of carbonyl (C=O) groups is 2. The van der Waals surface area contributed by atoms with E-state index in [0.717, 1.165) is 0 Å². The van der Waals surface area contributed by atoms with Crippen molar-refractivity contribution < 1.29 is 14.7 Å². The summed E-state index contributed by atoms with van der Waals surface area (Å²) >= 11 is 5.75. The van der Waals surface area contributed by atoms with Crippen LogP contribution in [-0.2, 0) is 9.59 Å². The molecule has 0 unspecified atom stereocenters. The summed E-state index contributed by atoms with van der Waals surface area (Å²) in [6, 6.07) is 4.67. The molecule has 0 bridgehead atoms. The molecule has 0 atom stereocenters. The summed E-state index contributed by atoms with van der Waals surface area (Å²) in [5, 5.41) is 11.3. The third-order valence-electron chi connectivity index (χ3n) is 1.85. The standard InChI is InChI=1S/C10H11ClN2O3/c11-7-5-6(1-2-8(7)12)13-9(14)3-4-10(15)16/h1-2,5H,3-4,12H2,(H,13,14)(H,15,16). The van der Waals surface area contributed by atoms with E-state index in [9.17, 15) is 9.59 Å². The topological polar surface area (TPSA) is 92.4 Å². The molecule has 0 radical (unpaired) electrons. The van der Waals surface area contributed by atoms with E-state index in [2.05, 4.69) is 5.32 Å². The fourth-order valence-electron chi connectivity index (χ4n) is 1.05. The van der Waals surface area contributed by atoms with Crippen LogP contribution in [0, 0.1) is 0 Å². The number of amides is 1. The largest absolute Gasteiger partial charge is 0.481 e. The van der Waals surface area contributed by atoms with Gasteiger partial charge in [0.2, 0.25) is 5.91 Å². The molecule has 1 amide bonds. The van der Waals surface area contributed by atoms with Gasteiger partial charge in [0.15, 0.2) is 0 Å². The minimum atomic E-state index is -1.01. The van der Waals surface area contributed by atoms with Crippen LogP contribution in [0.4, 0.5) is 11.4 Å². The second-order valence-electron chi connectivity index (χ2n) is 3.18. The zero-order valence-corrected chi connectivity index (χ0v) is 9.12. The highest BCUT2D eigenvalue weighted by molar-refractivity contribution is 6.33. The quantitative estimate of drug-likeness (QED) is 0.701. The van der Waals surface area contributed by atoms with Crippen LogP contribution in [-0.4, -0.2) is 17.0 Å². The normalized spacial score (nSPS) is 9.81. The highest BCUT2D eigenvalue weighted by Crippen LogP contribution is 2.22. The Kier molecular flexibility index (Phi) is 4.13. The lowest BCUT2D eigenvalue weighted by atomic mass is 10.2. The molecule has 0 fully saturated rings. The number of aliphatic carboxylic acids is 1. The van der Waals surface area contributed by atoms with E-state index in [0.29, 0.717) is 16.4 Å². The zero-order valence-electron chi connectivity index (χ0n) is 8.37. The van der Waals surface area contributed by atoms with E-state index in [1.54, 1.807) is 12.1 Å². The molecule has 0 aromatic heterocycles. The van der Waals surface area contributed by atoms with Crippen molar-refractivity contribution in [2.24, 2.45) is 0 Å². The van der Waals surface area contributed by atoms with Gasteiger partial charge in [-0.3, -0.25) is 9.59 Å². The monoisotopic (exact) mass is 242 g/mol. The summed E-state index contributed by atoms with van der Waals surface area (Å²) in [5.41, 5.74) is 6.41. The lowest BCUT2D eigenvalue weighted by molar-refractivity contribution is -0.138. The lowest BCUT2D eigenvalue weighted by Crippen LogP contribution is -2.13. The molecule has 4 N–H and O–H groups in total. The maximum atomic E-state index is 11.3. The first kappa shape index (κ1) is 12.3. The molecule has 1 aromatic rings. The molecule has 16 heavy (non-hydrogen) atoms. The lowest BCUT2D eigenvalue weighted by Gasteiger charge is -2.05. The van der Waals surface area contributed by atoms with Gasteiger partial charge in [-0.2, -0.15) is 0 Å². The Bertz CT molecular complexity index is 421. The van der Waals surface area contributed by atoms with Gasteiger partial charge in [0, 0.05) is 12.1 Å². The first-order chi connectivity index (χ1) is 7.49. The molecule has 86 valence electrons. The molecule has 1 aromatic carbocycles. The van der Waals surface area contributed by atoms with E-state index in [-0.39, 0.29) is 18.7 Å². The van der Waals surface area contributed by atoms with E-state index in [1.807, 2.05) is 0 Å². The number of carboxylic acid groups (broad SMARTS) is 1. The Morgan fingerprint density at radius 3 is 2.62 bits per heavy atom. The van der Waals surface area contributed by atoms with Crippen molar-refractivity contribution in [2.45, 2.75) is 12.8 Å². The Labute approximate surface area is 97.2 Å². The smallest absolute Gasteiger partial charge is 0.303 e. The molecule has 0 aliphatic heterocycles. The first-order valence-corrected chi connectivity index (χ1v) is 4.93. The summed E-state index contributed by atoms with van der Waals surface area (Å²) < 4.78 is 0. The van der Waals surface area contributed by atoms with Crippen molar-refractivity contribution in [1.82, 2.24) is 0 Å².